The SMILES string of the molecule is CCCCON1C(=O)N2CC1CC[C@H]2C(=O)NNC(=O)CCC. The lowest BCUT2D eigenvalue weighted by molar-refractivity contribution is -0.132. The molecule has 0 radical (unpaired) electrons. The van der Waals surface area contributed by atoms with Gasteiger partial charge < -0.3 is 4.90 Å². The van der Waals surface area contributed by atoms with Crippen LogP contribution in [-0.2, 0) is 14.4 Å². The van der Waals surface area contributed by atoms with Crippen molar-refractivity contribution in [3.05, 3.63) is 0 Å². The van der Waals surface area contributed by atoms with Crippen molar-refractivity contribution in [2.24, 2.45) is 0 Å². The van der Waals surface area contributed by atoms with E-state index in [-0.39, 0.29) is 23.9 Å². The van der Waals surface area contributed by atoms with Crippen molar-refractivity contribution in [1.29, 1.82) is 0 Å². The topological polar surface area (TPSA) is 91.0 Å². The van der Waals surface area contributed by atoms with Gasteiger partial charge in [0.15, 0.2) is 0 Å². The highest BCUT2D eigenvalue weighted by Crippen LogP contribution is 2.30. The molecule has 2 N–H and O–H groups in total. The van der Waals surface area contributed by atoms with Gasteiger partial charge in [0.05, 0.1) is 12.6 Å². The molecule has 8 nitrogen and oxygen atoms in total. The number of fused-ring (bicyclic) bond motifs is 2. The molecule has 1 unspecified atom stereocenters. The van der Waals surface area contributed by atoms with Crippen molar-refractivity contribution in [2.45, 2.75) is 64.5 Å². The van der Waals surface area contributed by atoms with E-state index < -0.39 is 6.04 Å². The lowest BCUT2D eigenvalue weighted by Crippen LogP contribution is -2.54. The number of carbonyl (C=O) groups is 3. The van der Waals surface area contributed by atoms with E-state index in [1.54, 1.807) is 0 Å². The molecule has 0 aliphatic carbocycles. The number of urea groups is 1. The molecule has 130 valence electrons. The van der Waals surface area contributed by atoms with E-state index in [4.69, 9.17) is 4.84 Å². The Labute approximate surface area is 136 Å². The predicted molar refractivity (Wildman–Crippen MR) is 82.8 cm³/mol. The van der Waals surface area contributed by atoms with Crippen molar-refractivity contribution in [1.82, 2.24) is 20.8 Å². The van der Waals surface area contributed by atoms with E-state index in [0.717, 1.165) is 19.3 Å². The lowest BCUT2D eigenvalue weighted by atomic mass is 10.0. The Hall–Kier alpha value is -1.83. The summed E-state index contributed by atoms with van der Waals surface area (Å²) in [7, 11) is 0. The van der Waals surface area contributed by atoms with E-state index in [0.29, 0.717) is 32.4 Å². The Morgan fingerprint density at radius 3 is 2.70 bits per heavy atom. The highest BCUT2D eigenvalue weighted by atomic mass is 16.7. The predicted octanol–water partition coefficient (Wildman–Crippen LogP) is 0.934. The molecule has 2 saturated heterocycles. The Bertz CT molecular complexity index is 457. The Balaban J connectivity index is 1.87. The largest absolute Gasteiger partial charge is 0.345 e. The van der Waals surface area contributed by atoms with Gasteiger partial charge in [0, 0.05) is 13.0 Å². The number of carbonyl (C=O) groups excluding carboxylic acids is 3. The van der Waals surface area contributed by atoms with Crippen LogP contribution in [0.25, 0.3) is 0 Å². The molecule has 0 aromatic heterocycles. The summed E-state index contributed by atoms with van der Waals surface area (Å²) in [6, 6.07) is -0.804. The van der Waals surface area contributed by atoms with Gasteiger partial charge in [-0.1, -0.05) is 20.3 Å². The molecule has 2 aliphatic heterocycles. The Morgan fingerprint density at radius 2 is 2.00 bits per heavy atom. The van der Waals surface area contributed by atoms with Gasteiger partial charge in [-0.3, -0.25) is 25.3 Å². The summed E-state index contributed by atoms with van der Waals surface area (Å²) in [5.41, 5.74) is 4.80. The van der Waals surface area contributed by atoms with Crippen LogP contribution in [0.5, 0.6) is 0 Å². The molecule has 2 aliphatic rings. The summed E-state index contributed by atoms with van der Waals surface area (Å²) < 4.78 is 0. The van der Waals surface area contributed by atoms with Crippen molar-refractivity contribution in [2.75, 3.05) is 13.2 Å². The van der Waals surface area contributed by atoms with Gasteiger partial charge in [-0.25, -0.2) is 4.79 Å². The minimum Gasteiger partial charge on any atom is -0.309 e. The number of hydroxylamine groups is 2. The number of nitrogens with one attached hydrogen (secondary N) is 2. The molecule has 0 spiro atoms. The van der Waals surface area contributed by atoms with Gasteiger partial charge in [-0.15, -0.1) is 0 Å². The van der Waals surface area contributed by atoms with Gasteiger partial charge in [0.2, 0.25) is 5.91 Å². The molecule has 2 fully saturated rings. The molecule has 0 aromatic carbocycles. The van der Waals surface area contributed by atoms with Crippen LogP contribution in [0.2, 0.25) is 0 Å². The zero-order valence-electron chi connectivity index (χ0n) is 13.8. The molecule has 0 aromatic rings. The maximum Gasteiger partial charge on any atom is 0.345 e. The van der Waals surface area contributed by atoms with Crippen LogP contribution in [0.1, 0.15) is 52.4 Å². The number of piperidine rings is 1. The van der Waals surface area contributed by atoms with Gasteiger partial charge in [0.1, 0.15) is 6.04 Å². The number of unbranched alkanes of at least 4 members (excludes halogenated alkanes) is 1. The molecular formula is C15H26N4O4. The number of hydrogen-bond acceptors (Lipinski definition) is 4. The Morgan fingerprint density at radius 1 is 1.22 bits per heavy atom. The van der Waals surface area contributed by atoms with Crippen molar-refractivity contribution < 1.29 is 19.2 Å². The molecule has 2 heterocycles. The highest BCUT2D eigenvalue weighted by Gasteiger charge is 2.47. The minimum absolute atomic E-state index is 0.0121. The molecule has 2 atom stereocenters. The second-order valence-electron chi connectivity index (χ2n) is 5.98. The van der Waals surface area contributed by atoms with Gasteiger partial charge in [-0.05, 0) is 25.7 Å². The van der Waals surface area contributed by atoms with E-state index in [9.17, 15) is 14.4 Å². The standard InChI is InChI=1S/C15H26N4O4/c1-3-5-9-23-19-11-7-8-12(18(10-11)15(19)22)14(21)17-16-13(20)6-4-2/h11-12H,3-10H2,1-2H3,(H,16,20)(H,17,21)/t11?,12-/m0/s1. The second-order valence-corrected chi connectivity index (χ2v) is 5.98. The maximum absolute atomic E-state index is 12.4. The van der Waals surface area contributed by atoms with E-state index in [1.165, 1.54) is 9.96 Å². The fourth-order valence-electron chi connectivity index (χ4n) is 2.88. The molecule has 23 heavy (non-hydrogen) atoms. The van der Waals surface area contributed by atoms with E-state index >= 15 is 0 Å². The number of amides is 4. The zero-order chi connectivity index (χ0) is 16.8. The van der Waals surface area contributed by atoms with E-state index in [1.807, 2.05) is 6.92 Å². The summed E-state index contributed by atoms with van der Waals surface area (Å²) in [6.07, 6.45) is 4.24. The number of rotatable bonds is 7. The van der Waals surface area contributed by atoms with Crippen molar-refractivity contribution >= 4 is 17.8 Å². The van der Waals surface area contributed by atoms with Crippen molar-refractivity contribution in [3.63, 3.8) is 0 Å². The normalized spacial score (nSPS) is 23.1. The third-order valence-corrected chi connectivity index (χ3v) is 4.16. The van der Waals surface area contributed by atoms with E-state index in [2.05, 4.69) is 17.8 Å². The first-order valence-electron chi connectivity index (χ1n) is 8.39. The summed E-state index contributed by atoms with van der Waals surface area (Å²) in [5, 5.41) is 1.42. The lowest BCUT2D eigenvalue weighted by Gasteiger charge is -2.29. The van der Waals surface area contributed by atoms with Gasteiger partial charge >= 0.3 is 6.03 Å². The molecule has 0 saturated carbocycles. The fourth-order valence-corrected chi connectivity index (χ4v) is 2.88. The first-order valence-corrected chi connectivity index (χ1v) is 8.39. The zero-order valence-corrected chi connectivity index (χ0v) is 13.8. The van der Waals surface area contributed by atoms with Crippen molar-refractivity contribution in [3.8, 4) is 0 Å². The monoisotopic (exact) mass is 326 g/mol. The first kappa shape index (κ1) is 17.5. The first-order chi connectivity index (χ1) is 11.1. The van der Waals surface area contributed by atoms with Gasteiger partial charge in [0.25, 0.3) is 5.91 Å². The Kier molecular flexibility index (Phi) is 6.20. The quantitative estimate of drug-likeness (QED) is 0.538. The summed E-state index contributed by atoms with van der Waals surface area (Å²) >= 11 is 0. The smallest absolute Gasteiger partial charge is 0.309 e. The number of hydrazine groups is 1. The number of nitrogens with zero attached hydrogens (tertiary/aromatic N) is 2. The minimum atomic E-state index is -0.555. The molecular weight excluding hydrogens is 300 g/mol. The summed E-state index contributed by atoms with van der Waals surface area (Å²) in [6.45, 7) is 4.95. The third-order valence-electron chi connectivity index (χ3n) is 4.16. The van der Waals surface area contributed by atoms with Crippen LogP contribution in [0.15, 0.2) is 0 Å². The average Bonchev–Trinajstić information content (AvgIpc) is 2.78. The average molecular weight is 326 g/mol. The van der Waals surface area contributed by atoms with Crippen LogP contribution in [0.4, 0.5) is 4.79 Å². The second kappa shape index (κ2) is 8.14. The fraction of sp³-hybridized carbons (Fsp3) is 0.800. The molecule has 2 bridgehead atoms. The highest BCUT2D eigenvalue weighted by molar-refractivity contribution is 5.89. The van der Waals surface area contributed by atoms with Gasteiger partial charge in [-0.2, -0.15) is 5.06 Å². The molecule has 2 rings (SSSR count). The third kappa shape index (κ3) is 4.13. The van der Waals surface area contributed by atoms with Crippen LogP contribution < -0.4 is 10.9 Å². The van der Waals surface area contributed by atoms with Crippen LogP contribution in [0.3, 0.4) is 0 Å². The van der Waals surface area contributed by atoms with Crippen LogP contribution in [0, 0.1) is 0 Å². The molecule has 8 heteroatoms. The maximum atomic E-state index is 12.4. The summed E-state index contributed by atoms with van der Waals surface area (Å²) in [4.78, 5) is 43.1. The van der Waals surface area contributed by atoms with Crippen LogP contribution in [-0.4, -0.2) is 53.0 Å². The summed E-state index contributed by atoms with van der Waals surface area (Å²) in [5.74, 6) is -0.580. The molecule has 4 amide bonds. The van der Waals surface area contributed by atoms with Crippen LogP contribution >= 0.6 is 0 Å². The number of hydrogen-bond donors (Lipinski definition) is 2.